The van der Waals surface area contributed by atoms with Crippen molar-refractivity contribution < 1.29 is 14.3 Å². The van der Waals surface area contributed by atoms with Gasteiger partial charge in [-0.15, -0.1) is 0 Å². The van der Waals surface area contributed by atoms with Gasteiger partial charge < -0.3 is 19.4 Å². The standard InChI is InChI=1S/C21H22N2O4/c1-14-6-4-5-7-19(14)23(20(24)13-26-2)12-16-10-15-11-17(27-3)8-9-18(15)22-21(16)25/h4-11H,12-13H2,1-3H3,(H,22,25). The number of aromatic nitrogens is 1. The molecule has 3 rings (SSSR count). The number of ether oxygens (including phenoxy) is 2. The Morgan fingerprint density at radius 1 is 1.11 bits per heavy atom. The first-order valence-corrected chi connectivity index (χ1v) is 8.58. The van der Waals surface area contributed by atoms with E-state index in [1.807, 2.05) is 37.3 Å². The van der Waals surface area contributed by atoms with Crippen LogP contribution in [0.15, 0.2) is 53.3 Å². The molecule has 27 heavy (non-hydrogen) atoms. The van der Waals surface area contributed by atoms with Crippen LogP contribution >= 0.6 is 0 Å². The summed E-state index contributed by atoms with van der Waals surface area (Å²) in [5, 5.41) is 0.841. The Bertz CT molecular complexity index is 1030. The highest BCUT2D eigenvalue weighted by atomic mass is 16.5. The molecule has 1 amide bonds. The summed E-state index contributed by atoms with van der Waals surface area (Å²) in [6.07, 6.45) is 0. The first-order chi connectivity index (χ1) is 13.0. The summed E-state index contributed by atoms with van der Waals surface area (Å²) in [7, 11) is 3.07. The van der Waals surface area contributed by atoms with Crippen molar-refractivity contribution in [2.24, 2.45) is 0 Å². The number of amides is 1. The van der Waals surface area contributed by atoms with Crippen molar-refractivity contribution >= 4 is 22.5 Å². The number of carbonyl (C=O) groups excluding carboxylic acids is 1. The van der Waals surface area contributed by atoms with E-state index >= 15 is 0 Å². The van der Waals surface area contributed by atoms with E-state index in [2.05, 4.69) is 4.98 Å². The number of aryl methyl sites for hydroxylation is 1. The lowest BCUT2D eigenvalue weighted by Crippen LogP contribution is -2.35. The highest BCUT2D eigenvalue weighted by Crippen LogP contribution is 2.23. The topological polar surface area (TPSA) is 71.6 Å². The monoisotopic (exact) mass is 366 g/mol. The molecule has 6 heteroatoms. The summed E-state index contributed by atoms with van der Waals surface area (Å²) in [6.45, 7) is 2.01. The maximum Gasteiger partial charge on any atom is 0.253 e. The summed E-state index contributed by atoms with van der Waals surface area (Å²) >= 11 is 0. The Labute approximate surface area is 157 Å². The molecule has 1 heterocycles. The molecule has 1 aromatic heterocycles. The van der Waals surface area contributed by atoms with E-state index in [4.69, 9.17) is 9.47 Å². The van der Waals surface area contributed by atoms with Crippen LogP contribution in [0.5, 0.6) is 5.75 Å². The van der Waals surface area contributed by atoms with Gasteiger partial charge >= 0.3 is 0 Å². The van der Waals surface area contributed by atoms with E-state index in [9.17, 15) is 9.59 Å². The fraction of sp³-hybridized carbons (Fsp3) is 0.238. The zero-order chi connectivity index (χ0) is 19.4. The first kappa shape index (κ1) is 18.7. The molecule has 0 aliphatic carbocycles. The zero-order valence-electron chi connectivity index (χ0n) is 15.6. The van der Waals surface area contributed by atoms with Crippen molar-refractivity contribution in [2.45, 2.75) is 13.5 Å². The van der Waals surface area contributed by atoms with Gasteiger partial charge in [0, 0.05) is 29.3 Å². The average molecular weight is 366 g/mol. The minimum atomic E-state index is -0.225. The van der Waals surface area contributed by atoms with Crippen LogP contribution in [-0.4, -0.2) is 31.7 Å². The minimum absolute atomic E-state index is 0.0619. The van der Waals surface area contributed by atoms with Crippen molar-refractivity contribution in [2.75, 3.05) is 25.7 Å². The molecule has 0 aliphatic rings. The molecular weight excluding hydrogens is 344 g/mol. The molecule has 0 unspecified atom stereocenters. The molecule has 6 nitrogen and oxygen atoms in total. The van der Waals surface area contributed by atoms with Gasteiger partial charge in [0.2, 0.25) is 0 Å². The molecule has 0 fully saturated rings. The molecule has 0 atom stereocenters. The number of pyridine rings is 1. The Morgan fingerprint density at radius 2 is 1.89 bits per heavy atom. The second kappa shape index (κ2) is 8.05. The Kier molecular flexibility index (Phi) is 5.57. The fourth-order valence-corrected chi connectivity index (χ4v) is 3.02. The predicted octanol–water partition coefficient (Wildman–Crippen LogP) is 3.02. The van der Waals surface area contributed by atoms with Gasteiger partial charge in [-0.05, 0) is 42.8 Å². The molecule has 0 bridgehead atoms. The number of hydrogen-bond donors (Lipinski definition) is 1. The number of anilines is 1. The summed E-state index contributed by atoms with van der Waals surface area (Å²) in [5.41, 5.74) is 2.68. The van der Waals surface area contributed by atoms with Gasteiger partial charge in [0.05, 0.1) is 13.7 Å². The predicted molar refractivity (Wildman–Crippen MR) is 105 cm³/mol. The van der Waals surface area contributed by atoms with Crippen LogP contribution in [0.3, 0.4) is 0 Å². The normalized spacial score (nSPS) is 10.8. The summed E-state index contributed by atoms with van der Waals surface area (Å²) < 4.78 is 10.3. The van der Waals surface area contributed by atoms with Crippen LogP contribution in [0.25, 0.3) is 10.9 Å². The van der Waals surface area contributed by atoms with Crippen molar-refractivity contribution in [1.82, 2.24) is 4.98 Å². The molecule has 0 aliphatic heterocycles. The summed E-state index contributed by atoms with van der Waals surface area (Å²) in [4.78, 5) is 29.7. The van der Waals surface area contributed by atoms with Gasteiger partial charge in [-0.25, -0.2) is 0 Å². The summed E-state index contributed by atoms with van der Waals surface area (Å²) in [5.74, 6) is 0.489. The maximum absolute atomic E-state index is 12.6. The molecule has 0 saturated heterocycles. The van der Waals surface area contributed by atoms with Gasteiger partial charge in [0.25, 0.3) is 11.5 Å². The second-order valence-corrected chi connectivity index (χ2v) is 6.28. The fourth-order valence-electron chi connectivity index (χ4n) is 3.02. The number of benzene rings is 2. The van der Waals surface area contributed by atoms with Crippen LogP contribution in [0.2, 0.25) is 0 Å². The molecule has 0 radical (unpaired) electrons. The molecule has 2 aromatic carbocycles. The highest BCUT2D eigenvalue weighted by Gasteiger charge is 2.19. The molecular formula is C21H22N2O4. The van der Waals surface area contributed by atoms with E-state index in [0.717, 1.165) is 22.2 Å². The number of fused-ring (bicyclic) bond motifs is 1. The van der Waals surface area contributed by atoms with Crippen LogP contribution in [0, 0.1) is 6.92 Å². The molecule has 0 saturated carbocycles. The van der Waals surface area contributed by atoms with Crippen molar-refractivity contribution in [3.8, 4) is 5.75 Å². The van der Waals surface area contributed by atoms with Crippen LogP contribution < -0.4 is 15.2 Å². The van der Waals surface area contributed by atoms with Crippen LogP contribution in [-0.2, 0) is 16.1 Å². The van der Waals surface area contributed by atoms with E-state index < -0.39 is 0 Å². The van der Waals surface area contributed by atoms with Crippen molar-refractivity contribution in [1.29, 1.82) is 0 Å². The van der Waals surface area contributed by atoms with Gasteiger partial charge in [-0.3, -0.25) is 9.59 Å². The number of methoxy groups -OCH3 is 2. The van der Waals surface area contributed by atoms with Gasteiger partial charge in [-0.1, -0.05) is 18.2 Å². The minimum Gasteiger partial charge on any atom is -0.497 e. The largest absolute Gasteiger partial charge is 0.497 e. The lowest BCUT2D eigenvalue weighted by molar-refractivity contribution is -0.122. The number of aromatic amines is 1. The van der Waals surface area contributed by atoms with E-state index in [0.29, 0.717) is 11.3 Å². The third kappa shape index (κ3) is 4.01. The molecule has 1 N–H and O–H groups in total. The Hall–Kier alpha value is -3.12. The number of carbonyl (C=O) groups is 1. The number of para-hydroxylation sites is 1. The van der Waals surface area contributed by atoms with E-state index in [1.165, 1.54) is 7.11 Å². The quantitative estimate of drug-likeness (QED) is 0.728. The molecule has 140 valence electrons. The van der Waals surface area contributed by atoms with Crippen LogP contribution in [0.4, 0.5) is 5.69 Å². The molecule has 3 aromatic rings. The smallest absolute Gasteiger partial charge is 0.253 e. The number of nitrogens with one attached hydrogen (secondary N) is 1. The van der Waals surface area contributed by atoms with E-state index in [1.54, 1.807) is 30.2 Å². The third-order valence-electron chi connectivity index (χ3n) is 4.43. The summed E-state index contributed by atoms with van der Waals surface area (Å²) in [6, 6.07) is 14.8. The zero-order valence-corrected chi connectivity index (χ0v) is 15.6. The van der Waals surface area contributed by atoms with Crippen molar-refractivity contribution in [3.63, 3.8) is 0 Å². The first-order valence-electron chi connectivity index (χ1n) is 8.58. The van der Waals surface area contributed by atoms with E-state index in [-0.39, 0.29) is 24.6 Å². The molecule has 0 spiro atoms. The number of rotatable bonds is 6. The van der Waals surface area contributed by atoms with Gasteiger partial charge in [0.15, 0.2) is 0 Å². The maximum atomic E-state index is 12.6. The lowest BCUT2D eigenvalue weighted by Gasteiger charge is -2.24. The highest BCUT2D eigenvalue weighted by molar-refractivity contribution is 5.95. The SMILES string of the molecule is COCC(=O)N(Cc1cc2cc(OC)ccc2[nH]c1=O)c1ccccc1C. The Morgan fingerprint density at radius 3 is 2.59 bits per heavy atom. The number of hydrogen-bond acceptors (Lipinski definition) is 4. The Balaban J connectivity index is 2.05. The second-order valence-electron chi connectivity index (χ2n) is 6.28. The van der Waals surface area contributed by atoms with Gasteiger partial charge in [-0.2, -0.15) is 0 Å². The van der Waals surface area contributed by atoms with Crippen molar-refractivity contribution in [3.05, 3.63) is 70.0 Å². The average Bonchev–Trinajstić information content (AvgIpc) is 2.67. The van der Waals surface area contributed by atoms with Gasteiger partial charge in [0.1, 0.15) is 12.4 Å². The van der Waals surface area contributed by atoms with Crippen LogP contribution in [0.1, 0.15) is 11.1 Å². The number of nitrogens with zero attached hydrogens (tertiary/aromatic N) is 1. The lowest BCUT2D eigenvalue weighted by atomic mass is 10.1. The number of H-pyrrole nitrogens is 1. The third-order valence-corrected chi connectivity index (χ3v) is 4.43.